The molecule has 0 aliphatic heterocycles. The summed E-state index contributed by atoms with van der Waals surface area (Å²) in [6, 6.07) is 16.8. The smallest absolute Gasteiger partial charge is 0.446 e. The molecule has 0 atom stereocenters. The highest BCUT2D eigenvalue weighted by Crippen LogP contribution is 2.36. The van der Waals surface area contributed by atoms with Crippen molar-refractivity contribution in [3.8, 4) is 5.75 Å². The fourth-order valence-electron chi connectivity index (χ4n) is 2.97. The molecule has 0 saturated carbocycles. The lowest BCUT2D eigenvalue weighted by Gasteiger charge is -2.11. The molecule has 0 spiro atoms. The quantitative estimate of drug-likeness (QED) is 0.139. The van der Waals surface area contributed by atoms with Crippen molar-refractivity contribution >= 4 is 56.6 Å². The Bertz CT molecular complexity index is 1300. The number of sulfonamides is 1. The van der Waals surface area contributed by atoms with Crippen molar-refractivity contribution in [2.45, 2.75) is 21.7 Å². The van der Waals surface area contributed by atoms with E-state index in [9.17, 15) is 31.5 Å². The Labute approximate surface area is 214 Å². The largest absolute Gasteiger partial charge is 0.506 e. The third-order valence-corrected chi connectivity index (χ3v) is 6.82. The minimum Gasteiger partial charge on any atom is -0.506 e. The number of carbonyl (C=O) groups is 1. The molecule has 192 valence electrons. The van der Waals surface area contributed by atoms with E-state index in [0.29, 0.717) is 12.1 Å². The van der Waals surface area contributed by atoms with Crippen LogP contribution in [0.15, 0.2) is 76.5 Å². The van der Waals surface area contributed by atoms with Gasteiger partial charge in [0, 0.05) is 26.9 Å². The number of phenols is 1. The van der Waals surface area contributed by atoms with E-state index in [-0.39, 0.29) is 33.8 Å². The highest BCUT2D eigenvalue weighted by Gasteiger charge is 2.28. The van der Waals surface area contributed by atoms with Crippen LogP contribution in [0.1, 0.15) is 5.56 Å². The molecular formula is C23H22F3N3O4S3. The SMILES string of the molecule is CS(=O)(=O)Nc1cc(NC(=O)Nc2ccc(SCCc3ccc(SC(F)(F)F)cc3)cc2)ccc1O. The van der Waals surface area contributed by atoms with Gasteiger partial charge in [-0.3, -0.25) is 4.72 Å². The summed E-state index contributed by atoms with van der Waals surface area (Å²) in [5.74, 6) is 0.445. The Morgan fingerprint density at radius 3 is 2.11 bits per heavy atom. The number of carbonyl (C=O) groups excluding carboxylic acids is 1. The van der Waals surface area contributed by atoms with Crippen molar-refractivity contribution in [3.05, 3.63) is 72.3 Å². The number of nitrogens with one attached hydrogen (secondary N) is 3. The van der Waals surface area contributed by atoms with Crippen LogP contribution in [0, 0.1) is 0 Å². The molecule has 0 heterocycles. The van der Waals surface area contributed by atoms with Crippen molar-refractivity contribution < 1.29 is 31.5 Å². The van der Waals surface area contributed by atoms with Crippen LogP contribution in [-0.2, 0) is 16.4 Å². The number of aryl methyl sites for hydroxylation is 1. The van der Waals surface area contributed by atoms with Crippen LogP contribution in [-0.4, -0.2) is 37.1 Å². The molecule has 0 aliphatic rings. The van der Waals surface area contributed by atoms with Gasteiger partial charge in [-0.25, -0.2) is 13.2 Å². The van der Waals surface area contributed by atoms with Crippen LogP contribution >= 0.6 is 23.5 Å². The van der Waals surface area contributed by atoms with E-state index in [1.165, 1.54) is 30.3 Å². The summed E-state index contributed by atoms with van der Waals surface area (Å²) >= 11 is 1.44. The van der Waals surface area contributed by atoms with E-state index >= 15 is 0 Å². The van der Waals surface area contributed by atoms with E-state index in [0.717, 1.165) is 22.5 Å². The normalized spacial score (nSPS) is 11.7. The van der Waals surface area contributed by atoms with Gasteiger partial charge in [-0.2, -0.15) is 13.2 Å². The average Bonchev–Trinajstić information content (AvgIpc) is 2.76. The first kappa shape index (κ1) is 27.6. The Morgan fingerprint density at radius 2 is 1.50 bits per heavy atom. The van der Waals surface area contributed by atoms with Gasteiger partial charge in [0.25, 0.3) is 0 Å². The maximum atomic E-state index is 12.4. The molecule has 13 heteroatoms. The molecule has 0 unspecified atom stereocenters. The van der Waals surface area contributed by atoms with Crippen molar-refractivity contribution in [3.63, 3.8) is 0 Å². The Balaban J connectivity index is 1.47. The molecule has 0 aliphatic carbocycles. The number of anilines is 3. The Morgan fingerprint density at radius 1 is 0.917 bits per heavy atom. The summed E-state index contributed by atoms with van der Waals surface area (Å²) < 4.78 is 62.2. The van der Waals surface area contributed by atoms with Crippen LogP contribution < -0.4 is 15.4 Å². The summed E-state index contributed by atoms with van der Waals surface area (Å²) in [4.78, 5) is 13.4. The molecule has 2 amide bonds. The van der Waals surface area contributed by atoms with Crippen molar-refractivity contribution in [1.82, 2.24) is 0 Å². The van der Waals surface area contributed by atoms with E-state index < -0.39 is 21.6 Å². The number of aromatic hydroxyl groups is 1. The molecule has 4 N–H and O–H groups in total. The molecule has 0 saturated heterocycles. The Hall–Kier alpha value is -3.03. The number of phenolic OH excluding ortho intramolecular Hbond substituents is 1. The second-order valence-corrected chi connectivity index (χ2v) is 11.6. The molecule has 0 bridgehead atoms. The van der Waals surface area contributed by atoms with Gasteiger partial charge in [0.2, 0.25) is 10.0 Å². The number of hydrogen-bond donors (Lipinski definition) is 4. The van der Waals surface area contributed by atoms with Gasteiger partial charge < -0.3 is 15.7 Å². The molecule has 36 heavy (non-hydrogen) atoms. The predicted octanol–water partition coefficient (Wildman–Crippen LogP) is 6.35. The van der Waals surface area contributed by atoms with Crippen molar-refractivity contribution in [1.29, 1.82) is 0 Å². The fraction of sp³-hybridized carbons (Fsp3) is 0.174. The summed E-state index contributed by atoms with van der Waals surface area (Å²) in [7, 11) is -3.61. The number of halogens is 3. The first-order valence-corrected chi connectivity index (χ1v) is 14.0. The number of hydrogen-bond acceptors (Lipinski definition) is 6. The summed E-state index contributed by atoms with van der Waals surface area (Å²) in [5.41, 5.74) is -2.62. The van der Waals surface area contributed by atoms with Crippen molar-refractivity contribution in [2.24, 2.45) is 0 Å². The molecule has 3 rings (SSSR count). The third-order valence-electron chi connectivity index (χ3n) is 4.48. The van der Waals surface area contributed by atoms with Crippen molar-refractivity contribution in [2.75, 3.05) is 27.4 Å². The third kappa shape index (κ3) is 9.55. The molecule has 3 aromatic carbocycles. The lowest BCUT2D eigenvalue weighted by Crippen LogP contribution is -2.19. The van der Waals surface area contributed by atoms with Gasteiger partial charge in [-0.1, -0.05) is 12.1 Å². The zero-order valence-electron chi connectivity index (χ0n) is 18.8. The Kier molecular flexibility index (Phi) is 9.03. The average molecular weight is 558 g/mol. The summed E-state index contributed by atoms with van der Waals surface area (Å²) in [5, 5.41) is 15.0. The van der Waals surface area contributed by atoms with E-state index in [4.69, 9.17) is 0 Å². The molecule has 7 nitrogen and oxygen atoms in total. The first-order valence-electron chi connectivity index (χ1n) is 10.3. The zero-order chi connectivity index (χ0) is 26.3. The monoisotopic (exact) mass is 557 g/mol. The minimum atomic E-state index is -4.30. The van der Waals surface area contributed by atoms with Gasteiger partial charge >= 0.3 is 11.5 Å². The number of urea groups is 1. The molecule has 0 radical (unpaired) electrons. The highest BCUT2D eigenvalue weighted by atomic mass is 32.2. The second kappa shape index (κ2) is 11.8. The minimum absolute atomic E-state index is 0.0622. The van der Waals surface area contributed by atoms with Gasteiger partial charge in [0.15, 0.2) is 0 Å². The van der Waals surface area contributed by atoms with E-state index in [2.05, 4.69) is 15.4 Å². The topological polar surface area (TPSA) is 108 Å². The predicted molar refractivity (Wildman–Crippen MR) is 138 cm³/mol. The lowest BCUT2D eigenvalue weighted by molar-refractivity contribution is -0.0328. The number of amides is 2. The maximum Gasteiger partial charge on any atom is 0.446 e. The number of alkyl halides is 3. The zero-order valence-corrected chi connectivity index (χ0v) is 21.2. The number of thioether (sulfide) groups is 2. The molecule has 0 aromatic heterocycles. The summed E-state index contributed by atoms with van der Waals surface area (Å²) in [6.45, 7) is 0. The molecule has 3 aromatic rings. The van der Waals surface area contributed by atoms with E-state index in [1.54, 1.807) is 36.0 Å². The van der Waals surface area contributed by atoms with Gasteiger partial charge in [-0.05, 0) is 78.3 Å². The number of benzene rings is 3. The molecule has 0 fully saturated rings. The van der Waals surface area contributed by atoms with Gasteiger partial charge in [-0.15, -0.1) is 11.8 Å². The fourth-order valence-corrected chi connectivity index (χ4v) is 4.97. The van der Waals surface area contributed by atoms with Gasteiger partial charge in [0.1, 0.15) is 5.75 Å². The standard InChI is InChI=1S/C23H22F3N3O4S3/c1-36(32,33)29-20-14-17(6-11-21(20)30)28-22(31)27-16-4-9-18(10-5-16)34-13-12-15-2-7-19(8-3-15)35-23(24,25)26/h2-11,14,29-30H,12-13H2,1H3,(H2,27,28,31). The van der Waals surface area contributed by atoms with Crippen LogP contribution in [0.5, 0.6) is 5.75 Å². The molecular weight excluding hydrogens is 535 g/mol. The van der Waals surface area contributed by atoms with E-state index in [1.807, 2.05) is 12.1 Å². The van der Waals surface area contributed by atoms with Crippen LogP contribution in [0.2, 0.25) is 0 Å². The highest BCUT2D eigenvalue weighted by molar-refractivity contribution is 8.00. The number of rotatable bonds is 9. The first-order chi connectivity index (χ1) is 16.9. The van der Waals surface area contributed by atoms with Crippen LogP contribution in [0.3, 0.4) is 0 Å². The lowest BCUT2D eigenvalue weighted by atomic mass is 10.2. The van der Waals surface area contributed by atoms with Crippen LogP contribution in [0.25, 0.3) is 0 Å². The van der Waals surface area contributed by atoms with Crippen LogP contribution in [0.4, 0.5) is 35.0 Å². The second-order valence-electron chi connectivity index (χ2n) is 7.50. The summed E-state index contributed by atoms with van der Waals surface area (Å²) in [6.07, 6.45) is 1.63. The maximum absolute atomic E-state index is 12.4. The van der Waals surface area contributed by atoms with Gasteiger partial charge in [0.05, 0.1) is 11.9 Å².